The second-order valence-corrected chi connectivity index (χ2v) is 8.15. The van der Waals surface area contributed by atoms with E-state index in [1.54, 1.807) is 0 Å². The summed E-state index contributed by atoms with van der Waals surface area (Å²) in [5.74, 6) is 2.62. The molecule has 1 aromatic rings. The molecule has 1 aromatic carbocycles. The average molecular weight is 278 g/mol. The van der Waals surface area contributed by atoms with Crippen LogP contribution in [0.25, 0.3) is 0 Å². The number of aliphatic hydroxyl groups is 1. The molecule has 1 unspecified atom stereocenters. The SMILES string of the molecule is CC(C)Cc1cccc(C2(O)CSCC(C)(C)C2)c1. The van der Waals surface area contributed by atoms with Crippen LogP contribution >= 0.6 is 11.8 Å². The molecule has 0 saturated carbocycles. The van der Waals surface area contributed by atoms with Crippen LogP contribution in [0.3, 0.4) is 0 Å². The lowest BCUT2D eigenvalue weighted by atomic mass is 9.78. The molecule has 1 N–H and O–H groups in total. The van der Waals surface area contributed by atoms with Gasteiger partial charge in [-0.1, -0.05) is 52.0 Å². The van der Waals surface area contributed by atoms with Crippen molar-refractivity contribution < 1.29 is 5.11 Å². The molecule has 19 heavy (non-hydrogen) atoms. The van der Waals surface area contributed by atoms with Gasteiger partial charge in [-0.25, -0.2) is 0 Å². The van der Waals surface area contributed by atoms with E-state index in [0.29, 0.717) is 5.92 Å². The molecule has 0 amide bonds. The molecule has 1 nitrogen and oxygen atoms in total. The quantitative estimate of drug-likeness (QED) is 0.892. The smallest absolute Gasteiger partial charge is 0.0992 e. The molecule has 2 rings (SSSR count). The molecule has 0 aromatic heterocycles. The third-order valence-electron chi connectivity index (χ3n) is 3.71. The zero-order valence-electron chi connectivity index (χ0n) is 12.6. The Balaban J connectivity index is 2.25. The summed E-state index contributed by atoms with van der Waals surface area (Å²) in [5, 5.41) is 11.0. The van der Waals surface area contributed by atoms with E-state index in [9.17, 15) is 5.11 Å². The van der Waals surface area contributed by atoms with Crippen LogP contribution < -0.4 is 0 Å². The second kappa shape index (κ2) is 5.49. The maximum Gasteiger partial charge on any atom is 0.0992 e. The molecule has 1 fully saturated rings. The van der Waals surface area contributed by atoms with Gasteiger partial charge in [-0.2, -0.15) is 11.8 Å². The predicted octanol–water partition coefficient (Wildman–Crippen LogP) is 4.24. The molecule has 1 atom stereocenters. The highest BCUT2D eigenvalue weighted by Crippen LogP contribution is 2.44. The van der Waals surface area contributed by atoms with Gasteiger partial charge in [0, 0.05) is 5.75 Å². The molecule has 1 heterocycles. The van der Waals surface area contributed by atoms with E-state index in [1.165, 1.54) is 5.56 Å². The first-order valence-corrected chi connectivity index (χ1v) is 8.36. The average Bonchev–Trinajstić information content (AvgIpc) is 2.26. The highest BCUT2D eigenvalue weighted by Gasteiger charge is 2.40. The normalized spacial score (nSPS) is 26.6. The standard InChI is InChI=1S/C17H26OS/c1-13(2)8-14-6-5-7-15(9-14)17(18)10-16(3,4)11-19-12-17/h5-7,9,13,18H,8,10-12H2,1-4H3. The van der Waals surface area contributed by atoms with Crippen molar-refractivity contribution in [1.82, 2.24) is 0 Å². The predicted molar refractivity (Wildman–Crippen MR) is 84.6 cm³/mol. The highest BCUT2D eigenvalue weighted by molar-refractivity contribution is 7.99. The van der Waals surface area contributed by atoms with Gasteiger partial charge in [0.15, 0.2) is 0 Å². The fourth-order valence-electron chi connectivity index (χ4n) is 3.03. The lowest BCUT2D eigenvalue weighted by molar-refractivity contribution is 0.0155. The molecule has 0 spiro atoms. The Hall–Kier alpha value is -0.470. The summed E-state index contributed by atoms with van der Waals surface area (Å²) in [6.07, 6.45) is 1.94. The summed E-state index contributed by atoms with van der Waals surface area (Å²) in [4.78, 5) is 0. The maximum absolute atomic E-state index is 11.0. The summed E-state index contributed by atoms with van der Waals surface area (Å²) in [5.41, 5.74) is 2.01. The molecule has 106 valence electrons. The van der Waals surface area contributed by atoms with Crippen molar-refractivity contribution in [2.24, 2.45) is 11.3 Å². The van der Waals surface area contributed by atoms with E-state index in [0.717, 1.165) is 29.9 Å². The minimum absolute atomic E-state index is 0.214. The Labute approximate surface area is 121 Å². The van der Waals surface area contributed by atoms with Gasteiger partial charge in [0.2, 0.25) is 0 Å². The van der Waals surface area contributed by atoms with Gasteiger partial charge in [0.25, 0.3) is 0 Å². The molecule has 1 aliphatic heterocycles. The van der Waals surface area contributed by atoms with Crippen molar-refractivity contribution >= 4 is 11.8 Å². The fraction of sp³-hybridized carbons (Fsp3) is 0.647. The van der Waals surface area contributed by atoms with E-state index in [1.807, 2.05) is 11.8 Å². The van der Waals surface area contributed by atoms with Crippen LogP contribution in [0.5, 0.6) is 0 Å². The summed E-state index contributed by atoms with van der Waals surface area (Å²) in [6, 6.07) is 8.57. The van der Waals surface area contributed by atoms with Crippen molar-refractivity contribution in [1.29, 1.82) is 0 Å². The molecule has 0 bridgehead atoms. The van der Waals surface area contributed by atoms with Gasteiger partial charge in [0.05, 0.1) is 5.60 Å². The fourth-order valence-corrected chi connectivity index (χ4v) is 4.40. The first kappa shape index (κ1) is 14.9. The lowest BCUT2D eigenvalue weighted by Crippen LogP contribution is -2.40. The van der Waals surface area contributed by atoms with Crippen molar-refractivity contribution in [3.05, 3.63) is 35.4 Å². The monoisotopic (exact) mass is 278 g/mol. The number of hydrogen-bond donors (Lipinski definition) is 1. The van der Waals surface area contributed by atoms with Gasteiger partial charge < -0.3 is 5.11 Å². The molecular weight excluding hydrogens is 252 g/mol. The van der Waals surface area contributed by atoms with Crippen LogP contribution in [0.15, 0.2) is 24.3 Å². The van der Waals surface area contributed by atoms with Crippen molar-refractivity contribution in [3.8, 4) is 0 Å². The minimum atomic E-state index is -0.653. The van der Waals surface area contributed by atoms with E-state index in [4.69, 9.17) is 0 Å². The molecule has 1 saturated heterocycles. The Morgan fingerprint density at radius 2 is 2.00 bits per heavy atom. The van der Waals surface area contributed by atoms with E-state index < -0.39 is 5.60 Å². The first-order chi connectivity index (χ1) is 8.81. The topological polar surface area (TPSA) is 20.2 Å². The summed E-state index contributed by atoms with van der Waals surface area (Å²) in [6.45, 7) is 8.98. The lowest BCUT2D eigenvalue weighted by Gasteiger charge is -2.41. The van der Waals surface area contributed by atoms with Crippen LogP contribution in [0.1, 0.15) is 45.2 Å². The third kappa shape index (κ3) is 3.76. The molecule has 1 aliphatic rings. The van der Waals surface area contributed by atoms with Gasteiger partial charge in [-0.05, 0) is 41.1 Å². The van der Waals surface area contributed by atoms with Crippen LogP contribution in [-0.4, -0.2) is 16.6 Å². The number of thioether (sulfide) groups is 1. The van der Waals surface area contributed by atoms with Crippen LogP contribution in [0.4, 0.5) is 0 Å². The number of benzene rings is 1. The third-order valence-corrected chi connectivity index (χ3v) is 5.38. The molecule has 2 heteroatoms. The second-order valence-electron chi connectivity index (χ2n) is 7.16. The summed E-state index contributed by atoms with van der Waals surface area (Å²) in [7, 11) is 0. The Morgan fingerprint density at radius 1 is 1.26 bits per heavy atom. The zero-order chi connectivity index (χ0) is 14.1. The first-order valence-electron chi connectivity index (χ1n) is 7.20. The van der Waals surface area contributed by atoms with Crippen LogP contribution in [0, 0.1) is 11.3 Å². The van der Waals surface area contributed by atoms with Crippen molar-refractivity contribution in [2.45, 2.75) is 46.1 Å². The summed E-state index contributed by atoms with van der Waals surface area (Å²) < 4.78 is 0. The largest absolute Gasteiger partial charge is 0.384 e. The zero-order valence-corrected chi connectivity index (χ0v) is 13.4. The maximum atomic E-state index is 11.0. The molecule has 0 radical (unpaired) electrons. The Kier molecular flexibility index (Phi) is 4.32. The molecule has 0 aliphatic carbocycles. The van der Waals surface area contributed by atoms with Gasteiger partial charge in [0.1, 0.15) is 0 Å². The molecular formula is C17H26OS. The highest BCUT2D eigenvalue weighted by atomic mass is 32.2. The number of hydrogen-bond acceptors (Lipinski definition) is 2. The van der Waals surface area contributed by atoms with Gasteiger partial charge in [-0.3, -0.25) is 0 Å². The Morgan fingerprint density at radius 3 is 2.63 bits per heavy atom. The van der Waals surface area contributed by atoms with Crippen LogP contribution in [0.2, 0.25) is 0 Å². The van der Waals surface area contributed by atoms with E-state index in [-0.39, 0.29) is 5.41 Å². The Bertz CT molecular complexity index is 439. The van der Waals surface area contributed by atoms with Gasteiger partial charge in [-0.15, -0.1) is 0 Å². The van der Waals surface area contributed by atoms with Crippen molar-refractivity contribution in [2.75, 3.05) is 11.5 Å². The van der Waals surface area contributed by atoms with E-state index in [2.05, 4.69) is 52.0 Å². The summed E-state index contributed by atoms with van der Waals surface area (Å²) >= 11 is 1.87. The van der Waals surface area contributed by atoms with Crippen LogP contribution in [-0.2, 0) is 12.0 Å². The number of rotatable bonds is 3. The minimum Gasteiger partial charge on any atom is -0.384 e. The van der Waals surface area contributed by atoms with Crippen molar-refractivity contribution in [3.63, 3.8) is 0 Å². The van der Waals surface area contributed by atoms with Gasteiger partial charge >= 0.3 is 0 Å². The van der Waals surface area contributed by atoms with E-state index >= 15 is 0 Å².